The molecule has 0 aromatic carbocycles. The molecule has 0 aliphatic heterocycles. The number of aliphatic hydroxyl groups is 1. The van der Waals surface area contributed by atoms with E-state index in [1.807, 2.05) is 0 Å². The van der Waals surface area contributed by atoms with Gasteiger partial charge in [-0.05, 0) is 80.3 Å². The van der Waals surface area contributed by atoms with Crippen LogP contribution in [-0.2, 0) is 19.1 Å². The minimum Gasteiger partial charge on any atom is -0.451 e. The molecule has 5 nitrogen and oxygen atoms in total. The van der Waals surface area contributed by atoms with E-state index in [1.54, 1.807) is 13.0 Å². The summed E-state index contributed by atoms with van der Waals surface area (Å²) in [4.78, 5) is 36.6. The molecule has 7 atom stereocenters. The summed E-state index contributed by atoms with van der Waals surface area (Å²) in [7, 11) is 0. The zero-order valence-corrected chi connectivity index (χ0v) is 17.4. The monoisotopic (exact) mass is 388 g/mol. The lowest BCUT2D eigenvalue weighted by Gasteiger charge is -2.60. The highest BCUT2D eigenvalue weighted by molar-refractivity contribution is 5.92. The molecule has 0 amide bonds. The normalized spacial score (nSPS) is 47.5. The molecule has 0 radical (unpaired) electrons. The van der Waals surface area contributed by atoms with Gasteiger partial charge >= 0.3 is 5.97 Å². The molecule has 28 heavy (non-hydrogen) atoms. The number of carbonyl (C=O) groups is 3. The standard InChI is InChI=1S/C23H32O5/c1-13(24)23(28-14(2)25)10-7-18-16-12-20(27)19-11-15(26)5-8-21(19,3)17(16)6-9-22(18,23)4/h11,16-18,20,27H,5-10,12H2,1-4H3/t16-,17-,18+,20-,21+,22+,23+/m1/s1. The Hall–Kier alpha value is -1.49. The zero-order valence-electron chi connectivity index (χ0n) is 17.4. The van der Waals surface area contributed by atoms with Crippen LogP contribution >= 0.6 is 0 Å². The average molecular weight is 389 g/mol. The molecular weight excluding hydrogens is 356 g/mol. The van der Waals surface area contributed by atoms with Crippen LogP contribution in [-0.4, -0.2) is 34.3 Å². The van der Waals surface area contributed by atoms with Crippen LogP contribution in [0.4, 0.5) is 0 Å². The van der Waals surface area contributed by atoms with Crippen LogP contribution < -0.4 is 0 Å². The van der Waals surface area contributed by atoms with E-state index in [2.05, 4.69) is 13.8 Å². The molecule has 1 N–H and O–H groups in total. The first kappa shape index (κ1) is 19.8. The molecule has 5 heteroatoms. The van der Waals surface area contributed by atoms with Crippen LogP contribution in [0.25, 0.3) is 0 Å². The van der Waals surface area contributed by atoms with Crippen molar-refractivity contribution in [2.45, 2.75) is 84.3 Å². The minimum absolute atomic E-state index is 0.0578. The molecule has 0 saturated heterocycles. The summed E-state index contributed by atoms with van der Waals surface area (Å²) in [5.74, 6) is 0.579. The Bertz CT molecular complexity index is 769. The molecule has 0 heterocycles. The number of ketones is 2. The summed E-state index contributed by atoms with van der Waals surface area (Å²) < 4.78 is 5.78. The third-order valence-corrected chi connectivity index (χ3v) is 8.98. The van der Waals surface area contributed by atoms with Gasteiger partial charge in [0, 0.05) is 18.8 Å². The van der Waals surface area contributed by atoms with E-state index in [-0.39, 0.29) is 28.8 Å². The van der Waals surface area contributed by atoms with Crippen molar-refractivity contribution in [2.75, 3.05) is 0 Å². The van der Waals surface area contributed by atoms with Crippen molar-refractivity contribution in [3.05, 3.63) is 11.6 Å². The average Bonchev–Trinajstić information content (AvgIpc) is 2.90. The minimum atomic E-state index is -1.04. The van der Waals surface area contributed by atoms with Gasteiger partial charge < -0.3 is 9.84 Å². The first-order valence-corrected chi connectivity index (χ1v) is 10.7. The molecule has 0 unspecified atom stereocenters. The van der Waals surface area contributed by atoms with Gasteiger partial charge in [-0.25, -0.2) is 0 Å². The maximum Gasteiger partial charge on any atom is 0.303 e. The molecule has 154 valence electrons. The molecule has 3 saturated carbocycles. The van der Waals surface area contributed by atoms with Gasteiger partial charge in [0.2, 0.25) is 0 Å². The second kappa shape index (κ2) is 6.25. The first-order valence-electron chi connectivity index (χ1n) is 10.7. The fraction of sp³-hybridized carbons (Fsp3) is 0.783. The number of carbonyl (C=O) groups excluding carboxylic acids is 3. The Labute approximate surface area is 166 Å². The van der Waals surface area contributed by atoms with E-state index in [0.717, 1.165) is 31.3 Å². The van der Waals surface area contributed by atoms with Gasteiger partial charge in [-0.1, -0.05) is 13.8 Å². The molecular formula is C23H32O5. The lowest BCUT2D eigenvalue weighted by atomic mass is 9.45. The molecule has 4 aliphatic carbocycles. The van der Waals surface area contributed by atoms with Crippen LogP contribution in [0.2, 0.25) is 0 Å². The number of aliphatic hydroxyl groups excluding tert-OH is 1. The second-order valence-corrected chi connectivity index (χ2v) is 10.1. The van der Waals surface area contributed by atoms with Crippen molar-refractivity contribution >= 4 is 17.5 Å². The summed E-state index contributed by atoms with van der Waals surface area (Å²) in [5, 5.41) is 10.9. The Morgan fingerprint density at radius 2 is 1.79 bits per heavy atom. The van der Waals surface area contributed by atoms with Crippen LogP contribution in [0.1, 0.15) is 72.6 Å². The van der Waals surface area contributed by atoms with E-state index < -0.39 is 23.1 Å². The topological polar surface area (TPSA) is 80.7 Å². The Balaban J connectivity index is 1.73. The summed E-state index contributed by atoms with van der Waals surface area (Å²) in [6.45, 7) is 7.27. The number of hydrogen-bond acceptors (Lipinski definition) is 5. The van der Waals surface area contributed by atoms with Crippen LogP contribution in [0.5, 0.6) is 0 Å². The Morgan fingerprint density at radius 1 is 1.11 bits per heavy atom. The zero-order chi connectivity index (χ0) is 20.5. The van der Waals surface area contributed by atoms with Crippen molar-refractivity contribution in [3.63, 3.8) is 0 Å². The van der Waals surface area contributed by atoms with Gasteiger partial charge in [0.25, 0.3) is 0 Å². The molecule has 0 aromatic rings. The predicted molar refractivity (Wildman–Crippen MR) is 103 cm³/mol. The lowest BCUT2D eigenvalue weighted by Crippen LogP contribution is -2.59. The first-order chi connectivity index (χ1) is 13.0. The van der Waals surface area contributed by atoms with Gasteiger partial charge in [0.1, 0.15) is 0 Å². The maximum atomic E-state index is 12.7. The number of fused-ring (bicyclic) bond motifs is 5. The summed E-state index contributed by atoms with van der Waals surface area (Å²) in [5.41, 5.74) is -0.670. The highest BCUT2D eigenvalue weighted by atomic mass is 16.6. The van der Waals surface area contributed by atoms with Gasteiger partial charge in [-0.3, -0.25) is 14.4 Å². The summed E-state index contributed by atoms with van der Waals surface area (Å²) >= 11 is 0. The van der Waals surface area contributed by atoms with Gasteiger partial charge in [0.05, 0.1) is 6.10 Å². The lowest BCUT2D eigenvalue weighted by molar-refractivity contribution is -0.188. The Kier molecular flexibility index (Phi) is 4.42. The third-order valence-electron chi connectivity index (χ3n) is 8.98. The predicted octanol–water partition coefficient (Wildman–Crippen LogP) is 3.38. The fourth-order valence-electron chi connectivity index (χ4n) is 7.67. The molecule has 4 rings (SSSR count). The van der Waals surface area contributed by atoms with E-state index >= 15 is 0 Å². The Morgan fingerprint density at radius 3 is 2.43 bits per heavy atom. The number of esters is 1. The highest BCUT2D eigenvalue weighted by Crippen LogP contribution is 2.68. The third kappa shape index (κ3) is 2.44. The number of hydrogen-bond donors (Lipinski definition) is 1. The number of Topliss-reactive ketones (excluding diaryl/α,β-unsaturated/α-hetero) is 1. The van der Waals surface area contributed by atoms with Crippen molar-refractivity contribution in [1.29, 1.82) is 0 Å². The smallest absolute Gasteiger partial charge is 0.303 e. The number of ether oxygens (including phenoxy) is 1. The van der Waals surface area contributed by atoms with E-state index in [4.69, 9.17) is 4.74 Å². The van der Waals surface area contributed by atoms with Gasteiger partial charge in [0.15, 0.2) is 17.2 Å². The van der Waals surface area contributed by atoms with Crippen molar-refractivity contribution < 1.29 is 24.2 Å². The van der Waals surface area contributed by atoms with E-state index in [9.17, 15) is 19.5 Å². The fourth-order valence-corrected chi connectivity index (χ4v) is 7.67. The van der Waals surface area contributed by atoms with E-state index in [0.29, 0.717) is 25.2 Å². The van der Waals surface area contributed by atoms with Crippen molar-refractivity contribution in [3.8, 4) is 0 Å². The maximum absolute atomic E-state index is 12.7. The van der Waals surface area contributed by atoms with Crippen LogP contribution in [0.15, 0.2) is 11.6 Å². The van der Waals surface area contributed by atoms with Gasteiger partial charge in [-0.2, -0.15) is 0 Å². The van der Waals surface area contributed by atoms with Crippen LogP contribution in [0.3, 0.4) is 0 Å². The highest BCUT2D eigenvalue weighted by Gasteiger charge is 2.68. The number of rotatable bonds is 2. The van der Waals surface area contributed by atoms with Crippen LogP contribution in [0, 0.1) is 28.6 Å². The molecule has 0 bridgehead atoms. The largest absolute Gasteiger partial charge is 0.451 e. The van der Waals surface area contributed by atoms with Crippen molar-refractivity contribution in [2.24, 2.45) is 28.6 Å². The molecule has 4 aliphatic rings. The summed E-state index contributed by atoms with van der Waals surface area (Å²) in [6.07, 6.45) is 6.25. The van der Waals surface area contributed by atoms with Crippen molar-refractivity contribution in [1.82, 2.24) is 0 Å². The van der Waals surface area contributed by atoms with Gasteiger partial charge in [-0.15, -0.1) is 0 Å². The molecule has 3 fully saturated rings. The summed E-state index contributed by atoms with van der Waals surface area (Å²) in [6, 6.07) is 0. The molecule has 0 aromatic heterocycles. The van der Waals surface area contributed by atoms with E-state index in [1.165, 1.54) is 6.92 Å². The second-order valence-electron chi connectivity index (χ2n) is 10.1. The quantitative estimate of drug-likeness (QED) is 0.734. The molecule has 0 spiro atoms. The SMILES string of the molecule is CC(=O)O[C@]1(C(C)=O)CC[C@H]2[C@@H]3C[C@@H](O)C4=CC(=O)CC[C@@]4(C)[C@@H]3CC[C@@]21C.